The highest BCUT2D eigenvalue weighted by Gasteiger charge is 2.38. The summed E-state index contributed by atoms with van der Waals surface area (Å²) in [6.45, 7) is 0. The Bertz CT molecular complexity index is 2700. The minimum absolute atomic E-state index is 0.182. The predicted molar refractivity (Wildman–Crippen MR) is 255 cm³/mol. The molecule has 0 aromatic heterocycles. The number of benzene rings is 9. The van der Waals surface area contributed by atoms with Gasteiger partial charge in [0, 0.05) is 33.4 Å². The van der Waals surface area contributed by atoms with E-state index in [4.69, 9.17) is 30.8 Å². The third-order valence-corrected chi connectivity index (χ3v) is 12.0. The molecule has 0 fully saturated rings. The van der Waals surface area contributed by atoms with Gasteiger partial charge in [-0.3, -0.25) is 0 Å². The molecule has 0 aliphatic rings. The van der Waals surface area contributed by atoms with Gasteiger partial charge in [-0.1, -0.05) is 182 Å². The normalized spacial score (nSPS) is 11.2. The minimum Gasteiger partial charge on any atom is -0.398 e. The van der Waals surface area contributed by atoms with Crippen molar-refractivity contribution in [2.45, 2.75) is 0 Å². The molecule has 302 valence electrons. The summed E-state index contributed by atoms with van der Waals surface area (Å²) in [5, 5.41) is 0. The van der Waals surface area contributed by atoms with Gasteiger partial charge in [0.25, 0.3) is 0 Å². The molecule has 8 heteroatoms. The molecule has 0 spiro atoms. The lowest BCUT2D eigenvalue weighted by Gasteiger charge is -2.25. The topological polar surface area (TPSA) is 123 Å². The van der Waals surface area contributed by atoms with Gasteiger partial charge in [0.2, 0.25) is 0 Å². The predicted octanol–water partition coefficient (Wildman–Crippen LogP) is 14.1. The molecule has 9 aromatic carbocycles. The van der Waals surface area contributed by atoms with Crippen LogP contribution in [0.2, 0.25) is 0 Å². The molecule has 0 saturated carbocycles. The maximum absolute atomic E-state index is 16.1. The largest absolute Gasteiger partial charge is 0.647 e. The van der Waals surface area contributed by atoms with Crippen molar-refractivity contribution in [1.82, 2.24) is 0 Å². The van der Waals surface area contributed by atoms with Crippen LogP contribution in [0.15, 0.2) is 218 Å². The van der Waals surface area contributed by atoms with Crippen molar-refractivity contribution < 1.29 is 18.1 Å². The molecule has 0 aliphatic heterocycles. The van der Waals surface area contributed by atoms with Crippen molar-refractivity contribution in [2.75, 3.05) is 17.2 Å². The molecule has 62 heavy (non-hydrogen) atoms. The Balaban J connectivity index is 1.25. The SMILES string of the molecule is Nc1c(-c2ccccc2)ccc(OP(=O)(Oc2ccc(-c3ccccc3)c(N)c2-c2ccccc2)Oc2ccc(-c3ccccc3)c(N)c2-c2ccccc2)c1-c1ccccc1. The molecule has 0 unspecified atom stereocenters. The van der Waals surface area contributed by atoms with E-state index >= 15 is 4.57 Å². The van der Waals surface area contributed by atoms with Gasteiger partial charge in [-0.05, 0) is 69.8 Å². The summed E-state index contributed by atoms with van der Waals surface area (Å²) in [6, 6.07) is 69.0. The van der Waals surface area contributed by atoms with Gasteiger partial charge in [-0.25, -0.2) is 0 Å². The van der Waals surface area contributed by atoms with Crippen molar-refractivity contribution in [3.63, 3.8) is 0 Å². The quantitative estimate of drug-likeness (QED) is 0.0828. The zero-order valence-electron chi connectivity index (χ0n) is 33.6. The molecular formula is C54H42N3O4P. The molecular weight excluding hydrogens is 786 g/mol. The second-order valence-corrected chi connectivity index (χ2v) is 16.1. The average molecular weight is 828 g/mol. The van der Waals surface area contributed by atoms with Crippen LogP contribution in [-0.2, 0) is 4.57 Å². The Morgan fingerprint density at radius 3 is 0.710 bits per heavy atom. The lowest BCUT2D eigenvalue weighted by atomic mass is 9.95. The van der Waals surface area contributed by atoms with Crippen LogP contribution >= 0.6 is 7.82 Å². The number of nitrogens with two attached hydrogens (primary N) is 3. The Labute approximate surface area is 361 Å². The fourth-order valence-corrected chi connectivity index (χ4v) is 9.05. The molecule has 0 bridgehead atoms. The highest BCUT2D eigenvalue weighted by atomic mass is 31.2. The molecule has 7 nitrogen and oxygen atoms in total. The molecule has 9 rings (SSSR count). The molecule has 0 atom stereocenters. The van der Waals surface area contributed by atoms with E-state index < -0.39 is 7.82 Å². The van der Waals surface area contributed by atoms with E-state index in [1.807, 2.05) is 200 Å². The first-order chi connectivity index (χ1) is 30.4. The number of hydrogen-bond acceptors (Lipinski definition) is 7. The Hall–Kier alpha value is -7.99. The first-order valence-corrected chi connectivity index (χ1v) is 21.6. The monoisotopic (exact) mass is 827 g/mol. The first kappa shape index (κ1) is 39.5. The smallest absolute Gasteiger partial charge is 0.398 e. The van der Waals surface area contributed by atoms with E-state index in [0.717, 1.165) is 50.1 Å². The maximum Gasteiger partial charge on any atom is 0.647 e. The maximum atomic E-state index is 16.1. The summed E-state index contributed by atoms with van der Waals surface area (Å²) >= 11 is 0. The summed E-state index contributed by atoms with van der Waals surface area (Å²) in [4.78, 5) is 0. The van der Waals surface area contributed by atoms with Gasteiger partial charge in [-0.15, -0.1) is 0 Å². The standard InChI is InChI=1S/C54H42N3O4P/c55-52-43(37-19-7-1-8-20-37)31-34-46(49(52)40-25-13-4-14-26-40)59-62(58,60-47-35-32-44(38-21-9-2-10-22-38)53(56)50(47)41-27-15-5-16-28-41)61-48-36-33-45(39-23-11-3-12-24-39)54(57)51(48)42-29-17-6-18-30-42/h1-36H,55-57H2. The second kappa shape index (κ2) is 17.3. The Morgan fingerprint density at radius 1 is 0.274 bits per heavy atom. The molecule has 0 amide bonds. The van der Waals surface area contributed by atoms with Crippen molar-refractivity contribution in [2.24, 2.45) is 0 Å². The first-order valence-electron chi connectivity index (χ1n) is 20.2. The van der Waals surface area contributed by atoms with Gasteiger partial charge in [0.15, 0.2) is 0 Å². The molecule has 0 saturated heterocycles. The molecule has 0 radical (unpaired) electrons. The lowest BCUT2D eigenvalue weighted by Crippen LogP contribution is -2.11. The van der Waals surface area contributed by atoms with Crippen molar-refractivity contribution >= 4 is 24.9 Å². The number of anilines is 3. The molecule has 0 heterocycles. The Kier molecular flexibility index (Phi) is 11.0. The van der Waals surface area contributed by atoms with Crippen molar-refractivity contribution in [3.8, 4) is 84.0 Å². The van der Waals surface area contributed by atoms with E-state index in [1.54, 1.807) is 18.2 Å². The van der Waals surface area contributed by atoms with E-state index in [1.165, 1.54) is 0 Å². The third-order valence-electron chi connectivity index (χ3n) is 10.7. The van der Waals surface area contributed by atoms with Crippen LogP contribution in [-0.4, -0.2) is 0 Å². The summed E-state index contributed by atoms with van der Waals surface area (Å²) in [5.41, 5.74) is 31.3. The van der Waals surface area contributed by atoms with Gasteiger partial charge in [-0.2, -0.15) is 4.57 Å². The van der Waals surface area contributed by atoms with Crippen LogP contribution in [0.1, 0.15) is 0 Å². The van der Waals surface area contributed by atoms with E-state index in [2.05, 4.69) is 0 Å². The number of rotatable bonds is 12. The zero-order valence-corrected chi connectivity index (χ0v) is 34.5. The number of hydrogen-bond donors (Lipinski definition) is 3. The van der Waals surface area contributed by atoms with Crippen molar-refractivity contribution in [1.29, 1.82) is 0 Å². The lowest BCUT2D eigenvalue weighted by molar-refractivity contribution is 0.300. The summed E-state index contributed by atoms with van der Waals surface area (Å²) in [7, 11) is -4.81. The highest BCUT2D eigenvalue weighted by molar-refractivity contribution is 7.49. The van der Waals surface area contributed by atoms with Gasteiger partial charge in [0.1, 0.15) is 17.2 Å². The van der Waals surface area contributed by atoms with Crippen LogP contribution in [0.3, 0.4) is 0 Å². The molecule has 0 aliphatic carbocycles. The second-order valence-electron chi connectivity index (χ2n) is 14.6. The fraction of sp³-hybridized carbons (Fsp3) is 0. The third kappa shape index (κ3) is 8.01. The molecule has 9 aromatic rings. The number of nitrogen functional groups attached to an aromatic ring is 3. The highest BCUT2D eigenvalue weighted by Crippen LogP contribution is 2.57. The van der Waals surface area contributed by atoms with Gasteiger partial charge in [0.05, 0.1) is 17.1 Å². The van der Waals surface area contributed by atoms with E-state index in [0.29, 0.717) is 33.8 Å². The number of phosphoric ester groups is 1. The number of phosphoric acid groups is 1. The van der Waals surface area contributed by atoms with Crippen molar-refractivity contribution in [3.05, 3.63) is 218 Å². The van der Waals surface area contributed by atoms with E-state index in [9.17, 15) is 0 Å². The minimum atomic E-state index is -4.81. The van der Waals surface area contributed by atoms with Crippen LogP contribution < -0.4 is 30.8 Å². The summed E-state index contributed by atoms with van der Waals surface area (Å²) in [5.74, 6) is 0.547. The fourth-order valence-electron chi connectivity index (χ4n) is 7.76. The van der Waals surface area contributed by atoms with E-state index in [-0.39, 0.29) is 17.2 Å². The van der Waals surface area contributed by atoms with Crippen LogP contribution in [0.4, 0.5) is 17.1 Å². The zero-order chi connectivity index (χ0) is 42.5. The van der Waals surface area contributed by atoms with Gasteiger partial charge >= 0.3 is 7.82 Å². The van der Waals surface area contributed by atoms with Crippen LogP contribution in [0.5, 0.6) is 17.2 Å². The van der Waals surface area contributed by atoms with Gasteiger partial charge < -0.3 is 30.8 Å². The summed E-state index contributed by atoms with van der Waals surface area (Å²) < 4.78 is 36.2. The van der Waals surface area contributed by atoms with Crippen LogP contribution in [0.25, 0.3) is 66.8 Å². The van der Waals surface area contributed by atoms with Crippen LogP contribution in [0, 0.1) is 0 Å². The average Bonchev–Trinajstić information content (AvgIpc) is 3.31. The molecule has 6 N–H and O–H groups in total. The Morgan fingerprint density at radius 2 is 0.484 bits per heavy atom. The summed E-state index contributed by atoms with van der Waals surface area (Å²) in [6.07, 6.45) is 0.